The molecule has 1 aromatic rings. The Morgan fingerprint density at radius 3 is 1.12 bits per heavy atom. The lowest BCUT2D eigenvalue weighted by atomic mass is 10.8. The molecule has 0 saturated heterocycles. The van der Waals surface area contributed by atoms with Crippen molar-refractivity contribution in [2.75, 3.05) is 0 Å². The molecule has 1 rings (SSSR count). The highest BCUT2D eigenvalue weighted by atomic mass is 16.0. The predicted octanol–water partition coefficient (Wildman–Crippen LogP) is -0.186. The van der Waals surface area contributed by atoms with E-state index in [2.05, 4.69) is 9.97 Å². The summed E-state index contributed by atoms with van der Waals surface area (Å²) in [5, 5.41) is 0. The molecule has 8 heavy (non-hydrogen) atoms. The average Bonchev–Trinajstić information content (AvgIpc) is 1.72. The van der Waals surface area contributed by atoms with Crippen LogP contribution in [0.3, 0.4) is 0 Å². The van der Waals surface area contributed by atoms with Crippen LogP contribution in [0.4, 0.5) is 0 Å². The van der Waals surface area contributed by atoms with Crippen LogP contribution in [0.2, 0.25) is 0 Å². The topological polar surface area (TPSA) is 92.3 Å². The van der Waals surface area contributed by atoms with Crippen LogP contribution in [0.5, 0.6) is 0 Å². The Hall–Kier alpha value is -1.00. The lowest BCUT2D eigenvalue weighted by Gasteiger charge is -1.70. The molecule has 0 aliphatic heterocycles. The Labute approximate surface area is 47.5 Å². The third-order valence-corrected chi connectivity index (χ3v) is 0.478. The van der Waals surface area contributed by atoms with E-state index in [-0.39, 0.29) is 11.6 Å². The molecular formula is C4H9N3O. The van der Waals surface area contributed by atoms with Crippen molar-refractivity contribution in [2.45, 2.75) is 0 Å². The Balaban J connectivity index is 0. The molecule has 1 heterocycles. The highest BCUT2D eigenvalue weighted by Crippen LogP contribution is 1.65. The molecule has 0 aliphatic rings. The van der Waals surface area contributed by atoms with E-state index < -0.39 is 0 Å². The third kappa shape index (κ3) is 3.20. The Bertz CT molecular complexity index is 83.2. The second-order valence-corrected chi connectivity index (χ2v) is 0.894. The predicted molar refractivity (Wildman–Crippen MR) is 30.7 cm³/mol. The van der Waals surface area contributed by atoms with Gasteiger partial charge in [0.25, 0.3) is 0 Å². The Morgan fingerprint density at radius 2 is 1.00 bits per heavy atom. The van der Waals surface area contributed by atoms with Gasteiger partial charge in [-0.25, -0.2) is 0 Å². The SMILES string of the molecule is N.O.c1cnccn1. The number of hydrogen-bond donors (Lipinski definition) is 1. The van der Waals surface area contributed by atoms with Crippen LogP contribution in [-0.2, 0) is 0 Å². The zero-order valence-corrected chi connectivity index (χ0v) is 4.41. The summed E-state index contributed by atoms with van der Waals surface area (Å²) in [6, 6.07) is 0. The van der Waals surface area contributed by atoms with Crippen LogP contribution in [-0.4, -0.2) is 15.4 Å². The van der Waals surface area contributed by atoms with Crippen LogP contribution in [0.25, 0.3) is 0 Å². The molecule has 4 nitrogen and oxygen atoms in total. The number of aromatic nitrogens is 2. The van der Waals surface area contributed by atoms with Gasteiger partial charge in [-0.3, -0.25) is 9.97 Å². The second-order valence-electron chi connectivity index (χ2n) is 0.894. The van der Waals surface area contributed by atoms with E-state index >= 15 is 0 Å². The fourth-order valence-electron chi connectivity index (χ4n) is 0.253. The summed E-state index contributed by atoms with van der Waals surface area (Å²) in [5.74, 6) is 0. The molecule has 0 saturated carbocycles. The molecule has 46 valence electrons. The molecule has 4 heteroatoms. The molecule has 0 amide bonds. The van der Waals surface area contributed by atoms with Gasteiger partial charge >= 0.3 is 0 Å². The first-order chi connectivity index (χ1) is 3.00. The molecule has 0 radical (unpaired) electrons. The fourth-order valence-corrected chi connectivity index (χ4v) is 0.253. The van der Waals surface area contributed by atoms with Crippen LogP contribution in [0.15, 0.2) is 24.8 Å². The van der Waals surface area contributed by atoms with Crippen molar-refractivity contribution in [2.24, 2.45) is 0 Å². The van der Waals surface area contributed by atoms with Gasteiger partial charge in [0.15, 0.2) is 0 Å². The highest BCUT2D eigenvalue weighted by molar-refractivity contribution is 4.70. The van der Waals surface area contributed by atoms with E-state index in [1.165, 1.54) is 0 Å². The van der Waals surface area contributed by atoms with E-state index in [0.29, 0.717) is 0 Å². The summed E-state index contributed by atoms with van der Waals surface area (Å²) in [6.07, 6.45) is 6.56. The zero-order valence-electron chi connectivity index (χ0n) is 4.41. The Kier molecular flexibility index (Phi) is 7.56. The molecule has 0 unspecified atom stereocenters. The summed E-state index contributed by atoms with van der Waals surface area (Å²) in [4.78, 5) is 7.44. The van der Waals surface area contributed by atoms with Gasteiger partial charge < -0.3 is 11.6 Å². The summed E-state index contributed by atoms with van der Waals surface area (Å²) < 4.78 is 0. The van der Waals surface area contributed by atoms with Crippen molar-refractivity contribution in [1.82, 2.24) is 16.1 Å². The van der Waals surface area contributed by atoms with E-state index in [1.54, 1.807) is 24.8 Å². The standard InChI is InChI=1S/C4H4N2.H3N.H2O/c1-2-6-4-3-5-1;;/h1-4H;1H3;1H2. The second kappa shape index (κ2) is 6.00. The van der Waals surface area contributed by atoms with E-state index in [9.17, 15) is 0 Å². The lowest BCUT2D eigenvalue weighted by molar-refractivity contribution is 0.824. The molecule has 0 fully saturated rings. The Morgan fingerprint density at radius 1 is 0.750 bits per heavy atom. The highest BCUT2D eigenvalue weighted by Gasteiger charge is 1.59. The maximum atomic E-state index is 3.72. The first-order valence-electron chi connectivity index (χ1n) is 1.70. The number of hydrogen-bond acceptors (Lipinski definition) is 3. The number of nitrogens with zero attached hydrogens (tertiary/aromatic N) is 2. The molecule has 0 aromatic carbocycles. The van der Waals surface area contributed by atoms with Crippen LogP contribution in [0.1, 0.15) is 0 Å². The molecule has 0 spiro atoms. The molecule has 0 bridgehead atoms. The first-order valence-corrected chi connectivity index (χ1v) is 1.70. The lowest BCUT2D eigenvalue weighted by Crippen LogP contribution is -1.66. The van der Waals surface area contributed by atoms with Crippen LogP contribution in [0, 0.1) is 0 Å². The van der Waals surface area contributed by atoms with Crippen molar-refractivity contribution in [3.63, 3.8) is 0 Å². The summed E-state index contributed by atoms with van der Waals surface area (Å²) in [6.45, 7) is 0. The van der Waals surface area contributed by atoms with Gasteiger partial charge in [0, 0.05) is 24.8 Å². The van der Waals surface area contributed by atoms with Gasteiger partial charge in [0.05, 0.1) is 0 Å². The largest absolute Gasteiger partial charge is 0.412 e. The van der Waals surface area contributed by atoms with Crippen molar-refractivity contribution >= 4 is 0 Å². The minimum Gasteiger partial charge on any atom is -0.412 e. The molecule has 5 N–H and O–H groups in total. The average molecular weight is 115 g/mol. The van der Waals surface area contributed by atoms with Crippen molar-refractivity contribution in [1.29, 1.82) is 0 Å². The van der Waals surface area contributed by atoms with Crippen molar-refractivity contribution < 1.29 is 5.48 Å². The summed E-state index contributed by atoms with van der Waals surface area (Å²) in [7, 11) is 0. The smallest absolute Gasteiger partial charge is 0.0451 e. The van der Waals surface area contributed by atoms with E-state index in [0.717, 1.165) is 0 Å². The molecule has 0 aliphatic carbocycles. The summed E-state index contributed by atoms with van der Waals surface area (Å²) in [5.41, 5.74) is 0. The van der Waals surface area contributed by atoms with Crippen molar-refractivity contribution in [3.05, 3.63) is 24.8 Å². The van der Waals surface area contributed by atoms with Gasteiger partial charge in [-0.15, -0.1) is 0 Å². The number of rotatable bonds is 0. The van der Waals surface area contributed by atoms with Crippen LogP contribution >= 0.6 is 0 Å². The van der Waals surface area contributed by atoms with E-state index in [1.807, 2.05) is 0 Å². The summed E-state index contributed by atoms with van der Waals surface area (Å²) >= 11 is 0. The minimum atomic E-state index is 0. The molecular weight excluding hydrogens is 106 g/mol. The zero-order chi connectivity index (χ0) is 4.24. The van der Waals surface area contributed by atoms with Crippen molar-refractivity contribution in [3.8, 4) is 0 Å². The first kappa shape index (κ1) is 10.1. The minimum absolute atomic E-state index is 0. The maximum Gasteiger partial charge on any atom is 0.0451 e. The maximum absolute atomic E-state index is 3.72. The van der Waals surface area contributed by atoms with Gasteiger partial charge in [-0.1, -0.05) is 0 Å². The fraction of sp³-hybridized carbons (Fsp3) is 0. The van der Waals surface area contributed by atoms with Gasteiger partial charge in [-0.2, -0.15) is 0 Å². The normalized spacial score (nSPS) is 6.00. The van der Waals surface area contributed by atoms with Gasteiger partial charge in [0.1, 0.15) is 0 Å². The van der Waals surface area contributed by atoms with Gasteiger partial charge in [-0.05, 0) is 0 Å². The monoisotopic (exact) mass is 115 g/mol. The van der Waals surface area contributed by atoms with Crippen LogP contribution < -0.4 is 6.15 Å². The van der Waals surface area contributed by atoms with E-state index in [4.69, 9.17) is 0 Å². The third-order valence-electron chi connectivity index (χ3n) is 0.478. The molecule has 0 atom stereocenters. The quantitative estimate of drug-likeness (QED) is 0.508. The van der Waals surface area contributed by atoms with Gasteiger partial charge in [0.2, 0.25) is 0 Å². The molecule has 1 aromatic heterocycles.